The van der Waals surface area contributed by atoms with Crippen molar-refractivity contribution < 1.29 is 18.7 Å². The van der Waals surface area contributed by atoms with Crippen LogP contribution in [0.1, 0.15) is 5.56 Å². The molecule has 0 radical (unpaired) electrons. The van der Waals surface area contributed by atoms with E-state index in [0.29, 0.717) is 11.3 Å². The van der Waals surface area contributed by atoms with E-state index in [0.717, 1.165) is 16.8 Å². The molecular weight excluding hydrogens is 333 g/mol. The van der Waals surface area contributed by atoms with Gasteiger partial charge in [-0.2, -0.15) is 0 Å². The van der Waals surface area contributed by atoms with Crippen LogP contribution >= 0.6 is 0 Å². The van der Waals surface area contributed by atoms with Crippen LogP contribution in [0.4, 0.5) is 10.1 Å². The van der Waals surface area contributed by atoms with Crippen LogP contribution in [0.15, 0.2) is 72.8 Å². The lowest BCUT2D eigenvalue weighted by molar-refractivity contribution is -0.142. The Bertz CT molecular complexity index is 976. The van der Waals surface area contributed by atoms with Gasteiger partial charge in [0.2, 0.25) is 0 Å². The van der Waals surface area contributed by atoms with Gasteiger partial charge in [-0.25, -0.2) is 9.18 Å². The first-order valence-electron chi connectivity index (χ1n) is 8.00. The number of fused-ring (bicyclic) bond motifs is 1. The summed E-state index contributed by atoms with van der Waals surface area (Å²) in [6.07, 6.45) is 2.58. The molecule has 26 heavy (non-hydrogen) atoms. The number of amides is 1. The highest BCUT2D eigenvalue weighted by atomic mass is 19.1. The Morgan fingerprint density at radius 2 is 1.77 bits per heavy atom. The summed E-state index contributed by atoms with van der Waals surface area (Å²) >= 11 is 0. The third kappa shape index (κ3) is 4.54. The zero-order chi connectivity index (χ0) is 18.4. The van der Waals surface area contributed by atoms with Crippen LogP contribution < -0.4 is 5.32 Å². The molecule has 0 aromatic heterocycles. The normalized spacial score (nSPS) is 10.8. The number of hydrogen-bond acceptors (Lipinski definition) is 3. The molecule has 0 fully saturated rings. The van der Waals surface area contributed by atoms with Gasteiger partial charge in [0.25, 0.3) is 5.91 Å². The van der Waals surface area contributed by atoms with Gasteiger partial charge in [0, 0.05) is 17.1 Å². The molecule has 0 aliphatic heterocycles. The van der Waals surface area contributed by atoms with E-state index in [2.05, 4.69) is 5.32 Å². The molecule has 130 valence electrons. The molecule has 3 aromatic rings. The SMILES string of the molecule is O=C(COC(=O)C=Cc1cccc(F)c1)Nc1cccc2ccccc12. The molecular formula is C21H16FNO3. The predicted molar refractivity (Wildman–Crippen MR) is 99.0 cm³/mol. The molecule has 5 heteroatoms. The van der Waals surface area contributed by atoms with Crippen molar-refractivity contribution in [3.05, 3.63) is 84.2 Å². The second-order valence-electron chi connectivity index (χ2n) is 5.57. The standard InChI is InChI=1S/C21H16FNO3/c22-17-8-3-5-15(13-17)11-12-21(25)26-14-20(24)23-19-10-4-7-16-6-1-2-9-18(16)19/h1-13H,14H2,(H,23,24). The summed E-state index contributed by atoms with van der Waals surface area (Å²) in [7, 11) is 0. The number of carbonyl (C=O) groups is 2. The summed E-state index contributed by atoms with van der Waals surface area (Å²) in [4.78, 5) is 23.7. The van der Waals surface area contributed by atoms with E-state index in [1.807, 2.05) is 36.4 Å². The smallest absolute Gasteiger partial charge is 0.331 e. The molecule has 4 nitrogen and oxygen atoms in total. The highest BCUT2D eigenvalue weighted by Gasteiger charge is 2.08. The molecule has 0 saturated heterocycles. The van der Waals surface area contributed by atoms with Crippen molar-refractivity contribution in [2.45, 2.75) is 0 Å². The van der Waals surface area contributed by atoms with Crippen molar-refractivity contribution in [3.63, 3.8) is 0 Å². The van der Waals surface area contributed by atoms with Crippen molar-refractivity contribution >= 4 is 34.4 Å². The Morgan fingerprint density at radius 1 is 1.00 bits per heavy atom. The van der Waals surface area contributed by atoms with Gasteiger partial charge in [-0.05, 0) is 35.2 Å². The van der Waals surface area contributed by atoms with Gasteiger partial charge in [-0.1, -0.05) is 48.5 Å². The number of nitrogens with one attached hydrogen (secondary N) is 1. The summed E-state index contributed by atoms with van der Waals surface area (Å²) < 4.78 is 18.0. The summed E-state index contributed by atoms with van der Waals surface area (Å²) in [6, 6.07) is 19.0. The molecule has 0 spiro atoms. The van der Waals surface area contributed by atoms with Gasteiger partial charge < -0.3 is 10.1 Å². The van der Waals surface area contributed by atoms with Gasteiger partial charge in [-0.15, -0.1) is 0 Å². The fourth-order valence-corrected chi connectivity index (χ4v) is 2.48. The van der Waals surface area contributed by atoms with Gasteiger partial charge >= 0.3 is 5.97 Å². The van der Waals surface area contributed by atoms with Crippen molar-refractivity contribution in [3.8, 4) is 0 Å². The first kappa shape index (κ1) is 17.4. The minimum atomic E-state index is -0.678. The van der Waals surface area contributed by atoms with E-state index in [-0.39, 0.29) is 0 Å². The van der Waals surface area contributed by atoms with Crippen molar-refractivity contribution in [2.75, 3.05) is 11.9 Å². The second-order valence-corrected chi connectivity index (χ2v) is 5.57. The first-order chi connectivity index (χ1) is 12.6. The van der Waals surface area contributed by atoms with Crippen LogP contribution in [-0.2, 0) is 14.3 Å². The minimum Gasteiger partial charge on any atom is -0.452 e. The van der Waals surface area contributed by atoms with Crippen LogP contribution in [0.25, 0.3) is 16.8 Å². The summed E-state index contributed by atoms with van der Waals surface area (Å²) in [5.74, 6) is -1.51. The van der Waals surface area contributed by atoms with Gasteiger partial charge in [0.1, 0.15) is 5.82 Å². The maximum absolute atomic E-state index is 13.1. The molecule has 0 heterocycles. The van der Waals surface area contributed by atoms with Crippen LogP contribution in [0.2, 0.25) is 0 Å². The van der Waals surface area contributed by atoms with Crippen LogP contribution in [0.3, 0.4) is 0 Å². The lowest BCUT2D eigenvalue weighted by Gasteiger charge is -2.08. The quantitative estimate of drug-likeness (QED) is 0.555. The number of ether oxygens (including phenoxy) is 1. The minimum absolute atomic E-state index is 0.394. The highest BCUT2D eigenvalue weighted by Crippen LogP contribution is 2.22. The van der Waals surface area contributed by atoms with E-state index in [9.17, 15) is 14.0 Å². The van der Waals surface area contributed by atoms with E-state index < -0.39 is 24.3 Å². The third-order valence-corrected chi connectivity index (χ3v) is 3.67. The number of benzene rings is 3. The Labute approximate surface area is 149 Å². The second kappa shape index (κ2) is 8.07. The van der Waals surface area contributed by atoms with Crippen LogP contribution in [0, 0.1) is 5.82 Å². The molecule has 1 N–H and O–H groups in total. The topological polar surface area (TPSA) is 55.4 Å². The van der Waals surface area contributed by atoms with Crippen LogP contribution in [-0.4, -0.2) is 18.5 Å². The Hall–Kier alpha value is -3.47. The third-order valence-electron chi connectivity index (χ3n) is 3.67. The number of hydrogen-bond donors (Lipinski definition) is 1. The molecule has 3 rings (SSSR count). The average molecular weight is 349 g/mol. The van der Waals surface area contributed by atoms with E-state index in [4.69, 9.17) is 4.74 Å². The molecule has 1 amide bonds. The maximum atomic E-state index is 13.1. The van der Waals surface area contributed by atoms with Gasteiger partial charge in [-0.3, -0.25) is 4.79 Å². The Balaban J connectivity index is 1.56. The largest absolute Gasteiger partial charge is 0.452 e. The number of halogens is 1. The summed E-state index contributed by atoms with van der Waals surface area (Å²) in [5, 5.41) is 4.64. The number of rotatable bonds is 5. The molecule has 0 unspecified atom stereocenters. The monoisotopic (exact) mass is 349 g/mol. The maximum Gasteiger partial charge on any atom is 0.331 e. The van der Waals surface area contributed by atoms with E-state index in [1.54, 1.807) is 12.1 Å². The summed E-state index contributed by atoms with van der Waals surface area (Å²) in [6.45, 7) is -0.407. The number of carbonyl (C=O) groups excluding carboxylic acids is 2. The zero-order valence-corrected chi connectivity index (χ0v) is 13.8. The van der Waals surface area contributed by atoms with Crippen molar-refractivity contribution in [2.24, 2.45) is 0 Å². The summed E-state index contributed by atoms with van der Waals surface area (Å²) in [5.41, 5.74) is 1.18. The number of anilines is 1. The molecule has 0 atom stereocenters. The van der Waals surface area contributed by atoms with Gasteiger partial charge in [0.05, 0.1) is 0 Å². The van der Waals surface area contributed by atoms with Crippen molar-refractivity contribution in [1.29, 1.82) is 0 Å². The molecule has 0 bridgehead atoms. The van der Waals surface area contributed by atoms with Crippen molar-refractivity contribution in [1.82, 2.24) is 0 Å². The highest BCUT2D eigenvalue weighted by molar-refractivity contribution is 6.03. The predicted octanol–water partition coefficient (Wildman–Crippen LogP) is 4.17. The van der Waals surface area contributed by atoms with Crippen LogP contribution in [0.5, 0.6) is 0 Å². The number of esters is 1. The fraction of sp³-hybridized carbons (Fsp3) is 0.0476. The molecule has 0 saturated carbocycles. The lowest BCUT2D eigenvalue weighted by Crippen LogP contribution is -2.20. The molecule has 3 aromatic carbocycles. The molecule has 0 aliphatic rings. The van der Waals surface area contributed by atoms with E-state index >= 15 is 0 Å². The van der Waals surface area contributed by atoms with E-state index in [1.165, 1.54) is 24.3 Å². The zero-order valence-electron chi connectivity index (χ0n) is 13.8. The van der Waals surface area contributed by atoms with Gasteiger partial charge in [0.15, 0.2) is 6.61 Å². The lowest BCUT2D eigenvalue weighted by atomic mass is 10.1. The molecule has 0 aliphatic carbocycles. The first-order valence-corrected chi connectivity index (χ1v) is 8.00. The Morgan fingerprint density at radius 3 is 2.62 bits per heavy atom. The fourth-order valence-electron chi connectivity index (χ4n) is 2.48. The average Bonchev–Trinajstić information content (AvgIpc) is 2.65. The Kier molecular flexibility index (Phi) is 5.39.